The Labute approximate surface area is 50.2 Å². The highest BCUT2D eigenvalue weighted by molar-refractivity contribution is 4.76. The lowest BCUT2D eigenvalue weighted by Gasteiger charge is -2.25. The van der Waals surface area contributed by atoms with Crippen molar-refractivity contribution in [1.29, 1.82) is 0 Å². The molecule has 0 amide bonds. The summed E-state index contributed by atoms with van der Waals surface area (Å²) in [5.41, 5.74) is -0.978. The van der Waals surface area contributed by atoms with Gasteiger partial charge in [0.05, 0.1) is 6.10 Å². The number of aliphatic hydroxyl groups excluding tert-OH is 1. The predicted molar refractivity (Wildman–Crippen MR) is 32.3 cm³/mol. The summed E-state index contributed by atoms with van der Waals surface area (Å²) in [5.74, 6) is 0. The topological polar surface area (TPSA) is 40.5 Å². The molecule has 0 saturated heterocycles. The fourth-order valence-electron chi connectivity index (χ4n) is 0.636. The first-order valence-corrected chi connectivity index (χ1v) is 2.67. The molecular weight excluding hydrogens is 104 g/mol. The van der Waals surface area contributed by atoms with E-state index in [9.17, 15) is 0 Å². The van der Waals surface area contributed by atoms with Crippen LogP contribution >= 0.6 is 0 Å². The highest BCUT2D eigenvalue weighted by atomic mass is 16.3. The minimum absolute atomic E-state index is 0.326. The molecule has 2 N–H and O–H groups in total. The zero-order valence-corrected chi connectivity index (χ0v) is 5.39. The third kappa shape index (κ3) is 5.92. The molecule has 2 atom stereocenters. The van der Waals surface area contributed by atoms with E-state index in [1.54, 1.807) is 13.8 Å². The van der Waals surface area contributed by atoms with Crippen molar-refractivity contribution >= 4 is 0 Å². The first-order valence-electron chi connectivity index (χ1n) is 2.67. The van der Waals surface area contributed by atoms with Crippen LogP contribution in [0.5, 0.6) is 0 Å². The highest BCUT2D eigenvalue weighted by Gasteiger charge is 2.07. The molecule has 2 nitrogen and oxygen atoms in total. The average Bonchev–Trinajstić information content (AvgIpc) is 1.21. The van der Waals surface area contributed by atoms with Gasteiger partial charge in [-0.1, -0.05) is 12.5 Å². The zero-order chi connectivity index (χ0) is 6.78. The van der Waals surface area contributed by atoms with Crippen LogP contribution in [0.15, 0.2) is 0 Å². The standard InChI is InChI=1S/C6H13O2/c1-5(7)4-6(2,3)8/h5,7-8H,2,4H2,1,3H3/q-1/t5-,6+/m0/s1. The molecule has 0 aliphatic rings. The number of rotatable bonds is 2. The third-order valence-corrected chi connectivity index (χ3v) is 0.735. The summed E-state index contributed by atoms with van der Waals surface area (Å²) < 4.78 is 0. The van der Waals surface area contributed by atoms with Gasteiger partial charge in [0.25, 0.3) is 0 Å². The van der Waals surface area contributed by atoms with Crippen LogP contribution in [0.3, 0.4) is 0 Å². The quantitative estimate of drug-likeness (QED) is 0.512. The van der Waals surface area contributed by atoms with Crippen LogP contribution in [0, 0.1) is 6.92 Å². The van der Waals surface area contributed by atoms with Crippen molar-refractivity contribution < 1.29 is 10.2 Å². The SMILES string of the molecule is [CH2-][C@](C)(O)C[C@H](C)O. The molecule has 0 aromatic heterocycles. The van der Waals surface area contributed by atoms with Crippen molar-refractivity contribution in [2.24, 2.45) is 0 Å². The lowest BCUT2D eigenvalue weighted by Crippen LogP contribution is -2.24. The average molecular weight is 117 g/mol. The van der Waals surface area contributed by atoms with Crippen LogP contribution in [-0.2, 0) is 0 Å². The van der Waals surface area contributed by atoms with E-state index in [1.165, 1.54) is 0 Å². The van der Waals surface area contributed by atoms with Crippen molar-refractivity contribution in [3.63, 3.8) is 0 Å². The summed E-state index contributed by atoms with van der Waals surface area (Å²) in [6.45, 7) is 6.60. The number of hydrogen-bond acceptors (Lipinski definition) is 2. The van der Waals surface area contributed by atoms with Gasteiger partial charge in [0, 0.05) is 0 Å². The summed E-state index contributed by atoms with van der Waals surface area (Å²) in [6.07, 6.45) is -0.144. The predicted octanol–water partition coefficient (Wildman–Crippen LogP) is 0.342. The summed E-state index contributed by atoms with van der Waals surface area (Å²) in [5, 5.41) is 17.6. The second-order valence-electron chi connectivity index (χ2n) is 2.55. The second-order valence-corrected chi connectivity index (χ2v) is 2.55. The molecule has 50 valence electrons. The molecule has 0 spiro atoms. The summed E-state index contributed by atoms with van der Waals surface area (Å²) in [4.78, 5) is 0. The van der Waals surface area contributed by atoms with Crippen molar-refractivity contribution in [3.8, 4) is 0 Å². The number of aliphatic hydroxyl groups is 2. The van der Waals surface area contributed by atoms with Gasteiger partial charge in [0.15, 0.2) is 0 Å². The van der Waals surface area contributed by atoms with Gasteiger partial charge < -0.3 is 17.1 Å². The van der Waals surface area contributed by atoms with Gasteiger partial charge in [-0.2, -0.15) is 0 Å². The molecular formula is C6H13O2-. The molecule has 8 heavy (non-hydrogen) atoms. The summed E-state index contributed by atoms with van der Waals surface area (Å²) in [6, 6.07) is 0. The van der Waals surface area contributed by atoms with Crippen LogP contribution in [0.4, 0.5) is 0 Å². The molecule has 2 heteroatoms. The van der Waals surface area contributed by atoms with E-state index in [1.807, 2.05) is 0 Å². The van der Waals surface area contributed by atoms with E-state index < -0.39 is 11.7 Å². The maximum atomic E-state index is 8.92. The summed E-state index contributed by atoms with van der Waals surface area (Å²) >= 11 is 0. The molecule has 0 radical (unpaired) electrons. The van der Waals surface area contributed by atoms with Gasteiger partial charge in [-0.15, -0.1) is 0 Å². The molecule has 0 rings (SSSR count). The maximum Gasteiger partial charge on any atom is 0.0513 e. The van der Waals surface area contributed by atoms with Crippen LogP contribution in [0.25, 0.3) is 0 Å². The normalized spacial score (nSPS) is 22.1. The van der Waals surface area contributed by atoms with Crippen molar-refractivity contribution in [2.75, 3.05) is 0 Å². The second kappa shape index (κ2) is 2.46. The van der Waals surface area contributed by atoms with Crippen LogP contribution < -0.4 is 0 Å². The first kappa shape index (κ1) is 7.92. The van der Waals surface area contributed by atoms with Crippen molar-refractivity contribution in [1.82, 2.24) is 0 Å². The fraction of sp³-hybridized carbons (Fsp3) is 0.833. The lowest BCUT2D eigenvalue weighted by atomic mass is 10.0. The lowest BCUT2D eigenvalue weighted by molar-refractivity contribution is 0.0455. The van der Waals surface area contributed by atoms with Gasteiger partial charge in [0.1, 0.15) is 0 Å². The molecule has 0 fully saturated rings. The molecule has 0 aromatic rings. The van der Waals surface area contributed by atoms with E-state index in [4.69, 9.17) is 10.2 Å². The minimum atomic E-state index is -0.978. The molecule has 0 aromatic carbocycles. The number of hydrogen-bond donors (Lipinski definition) is 2. The molecule has 0 unspecified atom stereocenters. The Kier molecular flexibility index (Phi) is 2.44. The Balaban J connectivity index is 3.39. The maximum absolute atomic E-state index is 8.92. The van der Waals surface area contributed by atoms with Crippen LogP contribution in [0.1, 0.15) is 20.3 Å². The van der Waals surface area contributed by atoms with Gasteiger partial charge in [0.2, 0.25) is 0 Å². The zero-order valence-electron chi connectivity index (χ0n) is 5.39. The van der Waals surface area contributed by atoms with Gasteiger partial charge in [-0.25, -0.2) is 0 Å². The van der Waals surface area contributed by atoms with Gasteiger partial charge >= 0.3 is 0 Å². The van der Waals surface area contributed by atoms with Crippen molar-refractivity contribution in [2.45, 2.75) is 32.0 Å². The van der Waals surface area contributed by atoms with Gasteiger partial charge in [-0.05, 0) is 13.3 Å². The van der Waals surface area contributed by atoms with E-state index in [2.05, 4.69) is 6.92 Å². The largest absolute Gasteiger partial charge is 0.422 e. The molecule has 0 aliphatic heterocycles. The van der Waals surface area contributed by atoms with E-state index >= 15 is 0 Å². The van der Waals surface area contributed by atoms with E-state index in [0.29, 0.717) is 6.42 Å². The highest BCUT2D eigenvalue weighted by Crippen LogP contribution is 2.08. The summed E-state index contributed by atoms with van der Waals surface area (Å²) in [7, 11) is 0. The minimum Gasteiger partial charge on any atom is -0.422 e. The molecule has 0 saturated carbocycles. The van der Waals surface area contributed by atoms with Gasteiger partial charge in [-0.3, -0.25) is 0 Å². The van der Waals surface area contributed by atoms with Crippen molar-refractivity contribution in [3.05, 3.63) is 6.92 Å². The van der Waals surface area contributed by atoms with Crippen LogP contribution in [-0.4, -0.2) is 21.9 Å². The third-order valence-electron chi connectivity index (χ3n) is 0.735. The molecule has 0 aliphatic carbocycles. The Hall–Kier alpha value is -0.0800. The Morgan fingerprint density at radius 2 is 2.12 bits per heavy atom. The Morgan fingerprint density at radius 1 is 1.75 bits per heavy atom. The van der Waals surface area contributed by atoms with E-state index in [-0.39, 0.29) is 0 Å². The monoisotopic (exact) mass is 117 g/mol. The van der Waals surface area contributed by atoms with Crippen LogP contribution in [0.2, 0.25) is 0 Å². The van der Waals surface area contributed by atoms with E-state index in [0.717, 1.165) is 0 Å². The first-order chi connectivity index (χ1) is 3.42. The molecule has 0 heterocycles. The fourth-order valence-corrected chi connectivity index (χ4v) is 0.636. The molecule has 0 bridgehead atoms. The smallest absolute Gasteiger partial charge is 0.0513 e. The Bertz CT molecular complexity index is 61.4. The Morgan fingerprint density at radius 3 is 2.12 bits per heavy atom.